The van der Waals surface area contributed by atoms with E-state index in [0.717, 1.165) is 25.2 Å². The Morgan fingerprint density at radius 3 is 2.56 bits per heavy atom. The number of hydrogen-bond donors (Lipinski definition) is 0. The predicted molar refractivity (Wildman–Crippen MR) is 75.6 cm³/mol. The van der Waals surface area contributed by atoms with Gasteiger partial charge in [0.25, 0.3) is 0 Å². The smallest absolute Gasteiger partial charge is 0.155 e. The molecule has 2 atom stereocenters. The van der Waals surface area contributed by atoms with E-state index in [2.05, 4.69) is 18.7 Å². The zero-order chi connectivity index (χ0) is 13.0. The molecule has 0 aromatic carbocycles. The lowest BCUT2D eigenvalue weighted by Crippen LogP contribution is -2.40. The van der Waals surface area contributed by atoms with Crippen LogP contribution in [0, 0.1) is 5.92 Å². The van der Waals surface area contributed by atoms with Crippen LogP contribution in [-0.4, -0.2) is 29.8 Å². The summed E-state index contributed by atoms with van der Waals surface area (Å²) in [6.45, 7) is 6.95. The summed E-state index contributed by atoms with van der Waals surface area (Å²) in [5.74, 6) is 1.09. The SMILES string of the molecule is CCCN(CCC)[C@H]1CC[C@@H]2CCC(=O)C=C2C1. The van der Waals surface area contributed by atoms with Crippen molar-refractivity contribution in [2.24, 2.45) is 5.92 Å². The number of fused-ring (bicyclic) bond motifs is 1. The van der Waals surface area contributed by atoms with Crippen LogP contribution in [0.15, 0.2) is 11.6 Å². The van der Waals surface area contributed by atoms with Gasteiger partial charge < -0.3 is 4.90 Å². The fourth-order valence-electron chi connectivity index (χ4n) is 3.58. The third-order valence-electron chi connectivity index (χ3n) is 4.47. The van der Waals surface area contributed by atoms with Crippen LogP contribution in [0.3, 0.4) is 0 Å². The van der Waals surface area contributed by atoms with Gasteiger partial charge >= 0.3 is 0 Å². The monoisotopic (exact) mass is 249 g/mol. The molecule has 102 valence electrons. The van der Waals surface area contributed by atoms with E-state index in [1.165, 1.54) is 44.3 Å². The minimum Gasteiger partial charge on any atom is -0.300 e. The molecule has 0 spiro atoms. The lowest BCUT2D eigenvalue weighted by molar-refractivity contribution is -0.115. The van der Waals surface area contributed by atoms with E-state index < -0.39 is 0 Å². The lowest BCUT2D eigenvalue weighted by atomic mass is 9.75. The van der Waals surface area contributed by atoms with Crippen LogP contribution in [0.4, 0.5) is 0 Å². The standard InChI is InChI=1S/C16H27NO/c1-3-9-17(10-4-2)15-7-5-13-6-8-16(18)12-14(13)11-15/h12-13,15H,3-11H2,1-2H3/t13-,15+/m1/s1. The summed E-state index contributed by atoms with van der Waals surface area (Å²) in [4.78, 5) is 14.2. The Balaban J connectivity index is 2.01. The molecule has 2 rings (SSSR count). The van der Waals surface area contributed by atoms with Crippen molar-refractivity contribution >= 4 is 5.78 Å². The Morgan fingerprint density at radius 1 is 1.17 bits per heavy atom. The van der Waals surface area contributed by atoms with Gasteiger partial charge in [-0.3, -0.25) is 4.79 Å². The molecule has 0 heterocycles. The molecule has 1 saturated carbocycles. The average Bonchev–Trinajstić information content (AvgIpc) is 2.37. The fourth-order valence-corrected chi connectivity index (χ4v) is 3.58. The number of allylic oxidation sites excluding steroid dienone is 1. The van der Waals surface area contributed by atoms with Gasteiger partial charge in [-0.15, -0.1) is 0 Å². The van der Waals surface area contributed by atoms with E-state index in [1.54, 1.807) is 0 Å². The largest absolute Gasteiger partial charge is 0.300 e. The van der Waals surface area contributed by atoms with Crippen molar-refractivity contribution < 1.29 is 4.79 Å². The minimum absolute atomic E-state index is 0.361. The van der Waals surface area contributed by atoms with Gasteiger partial charge in [-0.2, -0.15) is 0 Å². The Morgan fingerprint density at radius 2 is 1.89 bits per heavy atom. The molecule has 0 saturated heterocycles. The molecule has 0 unspecified atom stereocenters. The van der Waals surface area contributed by atoms with Gasteiger partial charge in [0.2, 0.25) is 0 Å². The molecule has 2 aliphatic carbocycles. The van der Waals surface area contributed by atoms with Crippen molar-refractivity contribution in [2.45, 2.75) is 64.8 Å². The molecule has 1 fully saturated rings. The molecule has 0 aliphatic heterocycles. The molecule has 18 heavy (non-hydrogen) atoms. The van der Waals surface area contributed by atoms with Gasteiger partial charge in [0.15, 0.2) is 5.78 Å². The van der Waals surface area contributed by atoms with E-state index in [4.69, 9.17) is 0 Å². The minimum atomic E-state index is 0.361. The van der Waals surface area contributed by atoms with Gasteiger partial charge in [0.05, 0.1) is 0 Å². The summed E-state index contributed by atoms with van der Waals surface area (Å²) < 4.78 is 0. The maximum Gasteiger partial charge on any atom is 0.155 e. The number of nitrogens with zero attached hydrogens (tertiary/aromatic N) is 1. The Bertz CT molecular complexity index is 315. The summed E-state index contributed by atoms with van der Waals surface area (Å²) in [5.41, 5.74) is 1.46. The van der Waals surface area contributed by atoms with Gasteiger partial charge in [-0.1, -0.05) is 19.4 Å². The summed E-state index contributed by atoms with van der Waals surface area (Å²) in [6.07, 6.45) is 10.1. The van der Waals surface area contributed by atoms with E-state index in [0.29, 0.717) is 11.8 Å². The molecule has 0 aromatic rings. The van der Waals surface area contributed by atoms with Crippen molar-refractivity contribution in [3.63, 3.8) is 0 Å². The van der Waals surface area contributed by atoms with Crippen LogP contribution < -0.4 is 0 Å². The van der Waals surface area contributed by atoms with Crippen molar-refractivity contribution in [2.75, 3.05) is 13.1 Å². The Kier molecular flexibility index (Phi) is 4.99. The van der Waals surface area contributed by atoms with Crippen LogP contribution >= 0.6 is 0 Å². The molecule has 2 nitrogen and oxygen atoms in total. The van der Waals surface area contributed by atoms with Crippen LogP contribution in [0.2, 0.25) is 0 Å². The van der Waals surface area contributed by atoms with Crippen molar-refractivity contribution in [3.05, 3.63) is 11.6 Å². The van der Waals surface area contributed by atoms with E-state index >= 15 is 0 Å². The van der Waals surface area contributed by atoms with E-state index in [9.17, 15) is 4.79 Å². The normalized spacial score (nSPS) is 28.2. The molecular weight excluding hydrogens is 222 g/mol. The summed E-state index contributed by atoms with van der Waals surface area (Å²) >= 11 is 0. The molecule has 0 N–H and O–H groups in total. The second-order valence-electron chi connectivity index (χ2n) is 5.89. The zero-order valence-corrected chi connectivity index (χ0v) is 12.0. The predicted octanol–water partition coefficient (Wildman–Crippen LogP) is 3.57. The summed E-state index contributed by atoms with van der Waals surface area (Å²) in [5, 5.41) is 0. The van der Waals surface area contributed by atoms with Gasteiger partial charge in [0, 0.05) is 12.5 Å². The zero-order valence-electron chi connectivity index (χ0n) is 12.0. The van der Waals surface area contributed by atoms with E-state index in [1.807, 2.05) is 6.08 Å². The highest BCUT2D eigenvalue weighted by atomic mass is 16.1. The fraction of sp³-hybridized carbons (Fsp3) is 0.812. The van der Waals surface area contributed by atoms with Gasteiger partial charge in [0.1, 0.15) is 0 Å². The van der Waals surface area contributed by atoms with Crippen LogP contribution in [-0.2, 0) is 4.79 Å². The third kappa shape index (κ3) is 3.23. The number of hydrogen-bond acceptors (Lipinski definition) is 2. The van der Waals surface area contributed by atoms with Crippen LogP contribution in [0.5, 0.6) is 0 Å². The first kappa shape index (κ1) is 13.8. The van der Waals surface area contributed by atoms with Crippen molar-refractivity contribution in [1.82, 2.24) is 4.90 Å². The van der Waals surface area contributed by atoms with Gasteiger partial charge in [-0.05, 0) is 63.6 Å². The highest BCUT2D eigenvalue weighted by Crippen LogP contribution is 2.37. The lowest BCUT2D eigenvalue weighted by Gasteiger charge is -2.39. The molecule has 0 bridgehead atoms. The average molecular weight is 249 g/mol. The van der Waals surface area contributed by atoms with Crippen molar-refractivity contribution in [3.8, 4) is 0 Å². The van der Waals surface area contributed by atoms with Crippen molar-refractivity contribution in [1.29, 1.82) is 0 Å². The maximum absolute atomic E-state index is 11.6. The van der Waals surface area contributed by atoms with Gasteiger partial charge in [-0.25, -0.2) is 0 Å². The second kappa shape index (κ2) is 6.51. The highest BCUT2D eigenvalue weighted by molar-refractivity contribution is 5.91. The highest BCUT2D eigenvalue weighted by Gasteiger charge is 2.31. The number of rotatable bonds is 5. The number of carbonyl (C=O) groups is 1. The second-order valence-corrected chi connectivity index (χ2v) is 5.89. The van der Waals surface area contributed by atoms with Crippen LogP contribution in [0.1, 0.15) is 58.8 Å². The first-order chi connectivity index (χ1) is 8.74. The van der Waals surface area contributed by atoms with E-state index in [-0.39, 0.29) is 0 Å². The first-order valence-electron chi connectivity index (χ1n) is 7.72. The molecule has 0 amide bonds. The quantitative estimate of drug-likeness (QED) is 0.742. The molecule has 0 aromatic heterocycles. The maximum atomic E-state index is 11.6. The molecule has 2 heteroatoms. The summed E-state index contributed by atoms with van der Waals surface area (Å²) in [7, 11) is 0. The molecule has 0 radical (unpaired) electrons. The number of carbonyl (C=O) groups excluding carboxylic acids is 1. The Hall–Kier alpha value is -0.630. The summed E-state index contributed by atoms with van der Waals surface area (Å²) in [6, 6.07) is 0.693. The third-order valence-corrected chi connectivity index (χ3v) is 4.47. The Labute approximate surface area is 111 Å². The topological polar surface area (TPSA) is 20.3 Å². The number of ketones is 1. The molecule has 2 aliphatic rings. The molecular formula is C16H27NO. The van der Waals surface area contributed by atoms with Crippen LogP contribution in [0.25, 0.3) is 0 Å². The first-order valence-corrected chi connectivity index (χ1v) is 7.72.